The maximum Gasteiger partial charge on any atom is 0.198 e. The van der Waals surface area contributed by atoms with Crippen LogP contribution in [0.25, 0.3) is 0 Å². The van der Waals surface area contributed by atoms with Crippen molar-refractivity contribution in [3.05, 3.63) is 21.9 Å². The molecule has 0 aromatic carbocycles. The van der Waals surface area contributed by atoms with E-state index in [1.54, 1.807) is 11.3 Å². The number of aryl methyl sites for hydroxylation is 1. The van der Waals surface area contributed by atoms with Crippen LogP contribution in [0.5, 0.6) is 0 Å². The predicted molar refractivity (Wildman–Crippen MR) is 75.5 cm³/mol. The Balaban J connectivity index is 1.80. The Morgan fingerprint density at radius 2 is 2.00 bits per heavy atom. The van der Waals surface area contributed by atoms with Crippen LogP contribution >= 0.6 is 11.3 Å². The number of ketones is 1. The molecule has 1 aromatic heterocycles. The quantitative estimate of drug-likeness (QED) is 0.589. The molecule has 0 atom stereocenters. The van der Waals surface area contributed by atoms with Crippen LogP contribution in [0, 0.1) is 0 Å². The fourth-order valence-corrected chi connectivity index (χ4v) is 3.26. The second kappa shape index (κ2) is 7.05. The zero-order valence-electron chi connectivity index (χ0n) is 11.1. The molecule has 3 heteroatoms. The smallest absolute Gasteiger partial charge is 0.198 e. The number of thiophene rings is 1. The summed E-state index contributed by atoms with van der Waals surface area (Å²) < 4.78 is 5.78. The van der Waals surface area contributed by atoms with E-state index in [-0.39, 0.29) is 12.4 Å². The van der Waals surface area contributed by atoms with E-state index in [1.165, 1.54) is 30.6 Å². The number of ether oxygens (including phenoxy) is 1. The van der Waals surface area contributed by atoms with Gasteiger partial charge in [-0.25, -0.2) is 0 Å². The maximum absolute atomic E-state index is 12.0. The Bertz CT molecular complexity index is 376. The molecule has 0 radical (unpaired) electrons. The molecule has 0 N–H and O–H groups in total. The zero-order chi connectivity index (χ0) is 12.8. The van der Waals surface area contributed by atoms with Gasteiger partial charge in [0.05, 0.1) is 11.0 Å². The van der Waals surface area contributed by atoms with Gasteiger partial charge < -0.3 is 4.74 Å². The number of rotatable bonds is 5. The van der Waals surface area contributed by atoms with E-state index >= 15 is 0 Å². The first-order valence-electron chi connectivity index (χ1n) is 7.03. The van der Waals surface area contributed by atoms with Gasteiger partial charge in [-0.2, -0.15) is 0 Å². The molecule has 0 amide bonds. The third-order valence-electron chi connectivity index (χ3n) is 3.54. The Morgan fingerprint density at radius 3 is 2.61 bits per heavy atom. The van der Waals surface area contributed by atoms with Gasteiger partial charge in [0, 0.05) is 4.88 Å². The van der Waals surface area contributed by atoms with E-state index in [4.69, 9.17) is 4.74 Å². The van der Waals surface area contributed by atoms with Crippen LogP contribution in [0.4, 0.5) is 0 Å². The molecule has 2 nitrogen and oxygen atoms in total. The summed E-state index contributed by atoms with van der Waals surface area (Å²) in [4.78, 5) is 14.1. The molecule has 1 aromatic rings. The highest BCUT2D eigenvalue weighted by Crippen LogP contribution is 2.21. The van der Waals surface area contributed by atoms with E-state index in [1.807, 2.05) is 12.1 Å². The number of carbonyl (C=O) groups excluding carboxylic acids is 1. The topological polar surface area (TPSA) is 26.3 Å². The van der Waals surface area contributed by atoms with Gasteiger partial charge in [-0.05, 0) is 31.4 Å². The monoisotopic (exact) mass is 266 g/mol. The summed E-state index contributed by atoms with van der Waals surface area (Å²) in [5.74, 6) is 0.143. The van der Waals surface area contributed by atoms with Crippen molar-refractivity contribution in [1.29, 1.82) is 0 Å². The van der Waals surface area contributed by atoms with Crippen molar-refractivity contribution in [3.63, 3.8) is 0 Å². The summed E-state index contributed by atoms with van der Waals surface area (Å²) in [5.41, 5.74) is 0. The molecule has 0 bridgehead atoms. The molecule has 0 aliphatic heterocycles. The minimum atomic E-state index is 0.143. The summed E-state index contributed by atoms with van der Waals surface area (Å²) in [6.07, 6.45) is 8.69. The Kier molecular flexibility index (Phi) is 5.39. The van der Waals surface area contributed by atoms with Crippen LogP contribution in [0.3, 0.4) is 0 Å². The van der Waals surface area contributed by atoms with Gasteiger partial charge in [-0.3, -0.25) is 4.79 Å². The van der Waals surface area contributed by atoms with Gasteiger partial charge in [0.2, 0.25) is 0 Å². The van der Waals surface area contributed by atoms with Crippen LogP contribution in [0.1, 0.15) is 60.0 Å². The van der Waals surface area contributed by atoms with E-state index in [2.05, 4.69) is 6.92 Å². The van der Waals surface area contributed by atoms with Gasteiger partial charge in [0.15, 0.2) is 5.78 Å². The van der Waals surface area contributed by atoms with Crippen molar-refractivity contribution in [2.24, 2.45) is 0 Å². The molecule has 0 saturated heterocycles. The lowest BCUT2D eigenvalue weighted by Gasteiger charge is -2.14. The summed E-state index contributed by atoms with van der Waals surface area (Å²) in [5, 5.41) is 0. The van der Waals surface area contributed by atoms with E-state index < -0.39 is 0 Å². The number of hydrogen-bond acceptors (Lipinski definition) is 3. The third kappa shape index (κ3) is 3.92. The Hall–Kier alpha value is -0.670. The normalized spacial score (nSPS) is 17.6. The minimum Gasteiger partial charge on any atom is -0.370 e. The molecule has 1 fully saturated rings. The average molecular weight is 266 g/mol. The van der Waals surface area contributed by atoms with Crippen LogP contribution in [-0.2, 0) is 11.2 Å². The molecule has 1 aliphatic carbocycles. The molecule has 1 saturated carbocycles. The fourth-order valence-electron chi connectivity index (χ4n) is 2.39. The van der Waals surface area contributed by atoms with Crippen molar-refractivity contribution >= 4 is 17.1 Å². The zero-order valence-corrected chi connectivity index (χ0v) is 11.9. The number of hydrogen-bond donors (Lipinski definition) is 0. The highest BCUT2D eigenvalue weighted by Gasteiger charge is 2.15. The van der Waals surface area contributed by atoms with Gasteiger partial charge in [0.25, 0.3) is 0 Å². The Labute approximate surface area is 113 Å². The van der Waals surface area contributed by atoms with Crippen molar-refractivity contribution in [3.8, 4) is 0 Å². The molecule has 0 spiro atoms. The maximum atomic E-state index is 12.0. The molecular weight excluding hydrogens is 244 g/mol. The molecule has 0 unspecified atom stereocenters. The van der Waals surface area contributed by atoms with Gasteiger partial charge in [-0.1, -0.05) is 32.6 Å². The van der Waals surface area contributed by atoms with Gasteiger partial charge in [0.1, 0.15) is 6.61 Å². The molecule has 2 rings (SSSR count). The highest BCUT2D eigenvalue weighted by molar-refractivity contribution is 7.14. The average Bonchev–Trinajstić information content (AvgIpc) is 2.73. The summed E-state index contributed by atoms with van der Waals surface area (Å²) >= 11 is 1.60. The van der Waals surface area contributed by atoms with Crippen LogP contribution in [0.15, 0.2) is 12.1 Å². The SMILES string of the molecule is CCc1ccc(C(=O)COC2CCCCCC2)s1. The van der Waals surface area contributed by atoms with Crippen LogP contribution in [-0.4, -0.2) is 18.5 Å². The third-order valence-corrected chi connectivity index (χ3v) is 4.81. The standard InChI is InChI=1S/C15H22O2S/c1-2-13-9-10-15(18-13)14(16)11-17-12-7-5-3-4-6-8-12/h9-10,12H,2-8,11H2,1H3. The second-order valence-corrected chi connectivity index (χ2v) is 6.14. The first-order chi connectivity index (χ1) is 8.79. The van der Waals surface area contributed by atoms with Crippen molar-refractivity contribution in [2.75, 3.05) is 6.61 Å². The van der Waals surface area contributed by atoms with Gasteiger partial charge >= 0.3 is 0 Å². The summed E-state index contributed by atoms with van der Waals surface area (Å²) in [6, 6.07) is 3.98. The van der Waals surface area contributed by atoms with E-state index in [0.717, 1.165) is 24.1 Å². The molecule has 100 valence electrons. The van der Waals surface area contributed by atoms with E-state index in [9.17, 15) is 4.79 Å². The fraction of sp³-hybridized carbons (Fsp3) is 0.667. The van der Waals surface area contributed by atoms with Gasteiger partial charge in [-0.15, -0.1) is 11.3 Å². The molecular formula is C15H22O2S. The largest absolute Gasteiger partial charge is 0.370 e. The number of Topliss-reactive ketones (excluding diaryl/α,β-unsaturated/α-hetero) is 1. The van der Waals surface area contributed by atoms with Crippen molar-refractivity contribution < 1.29 is 9.53 Å². The van der Waals surface area contributed by atoms with Crippen LogP contribution < -0.4 is 0 Å². The lowest BCUT2D eigenvalue weighted by Crippen LogP contribution is -2.17. The predicted octanol–water partition coefficient (Wildman–Crippen LogP) is 4.23. The molecule has 18 heavy (non-hydrogen) atoms. The van der Waals surface area contributed by atoms with E-state index in [0.29, 0.717) is 6.10 Å². The first kappa shape index (κ1) is 13.8. The summed E-state index contributed by atoms with van der Waals surface area (Å²) in [6.45, 7) is 2.37. The Morgan fingerprint density at radius 1 is 1.28 bits per heavy atom. The van der Waals surface area contributed by atoms with Crippen molar-refractivity contribution in [1.82, 2.24) is 0 Å². The van der Waals surface area contributed by atoms with Crippen LogP contribution in [0.2, 0.25) is 0 Å². The first-order valence-corrected chi connectivity index (χ1v) is 7.84. The minimum absolute atomic E-state index is 0.143. The molecule has 1 aliphatic rings. The molecule has 1 heterocycles. The second-order valence-electron chi connectivity index (χ2n) is 4.97. The number of carbonyl (C=O) groups is 1. The van der Waals surface area contributed by atoms with Crippen molar-refractivity contribution in [2.45, 2.75) is 58.0 Å². The lowest BCUT2D eigenvalue weighted by molar-refractivity contribution is 0.0391. The highest BCUT2D eigenvalue weighted by atomic mass is 32.1. The lowest BCUT2D eigenvalue weighted by atomic mass is 10.1. The summed E-state index contributed by atoms with van der Waals surface area (Å²) in [7, 11) is 0.